The zero-order valence-electron chi connectivity index (χ0n) is 20.8. The average molecular weight is 515 g/mol. The number of carbonyl (C=O) groups excluding carboxylic acids is 3. The van der Waals surface area contributed by atoms with Crippen molar-refractivity contribution in [2.45, 2.75) is 25.7 Å². The maximum absolute atomic E-state index is 12.9. The topological polar surface area (TPSA) is 109 Å². The van der Waals surface area contributed by atoms with E-state index < -0.39 is 0 Å². The lowest BCUT2D eigenvalue weighted by atomic mass is 10.1. The molecule has 0 saturated heterocycles. The van der Waals surface area contributed by atoms with Gasteiger partial charge in [0.15, 0.2) is 0 Å². The van der Waals surface area contributed by atoms with Crippen molar-refractivity contribution in [2.24, 2.45) is 0 Å². The number of amides is 3. The van der Waals surface area contributed by atoms with E-state index in [9.17, 15) is 18.8 Å². The van der Waals surface area contributed by atoms with E-state index in [0.29, 0.717) is 46.8 Å². The number of hydrogen-bond acceptors (Lipinski definition) is 5. The number of hydrogen-bond donors (Lipinski definition) is 3. The Morgan fingerprint density at radius 2 is 1.42 bits per heavy atom. The summed E-state index contributed by atoms with van der Waals surface area (Å²) in [6.07, 6.45) is 3.28. The third-order valence-electron chi connectivity index (χ3n) is 5.74. The second kappa shape index (κ2) is 12.4. The molecule has 3 amide bonds. The van der Waals surface area contributed by atoms with E-state index in [4.69, 9.17) is 4.74 Å². The normalized spacial score (nSPS) is 10.6. The smallest absolute Gasteiger partial charge is 0.251 e. The molecule has 0 saturated carbocycles. The molecule has 9 heteroatoms. The highest BCUT2D eigenvalue weighted by Gasteiger charge is 2.10. The van der Waals surface area contributed by atoms with Gasteiger partial charge in [-0.25, -0.2) is 4.39 Å². The first-order valence-electron chi connectivity index (χ1n) is 12.2. The largest absolute Gasteiger partial charge is 0.457 e. The van der Waals surface area contributed by atoms with Crippen molar-refractivity contribution in [3.8, 4) is 11.5 Å². The number of nitrogens with zero attached hydrogens (tertiary/aromatic N) is 1. The van der Waals surface area contributed by atoms with Gasteiger partial charge in [-0.2, -0.15) is 0 Å². The van der Waals surface area contributed by atoms with Crippen molar-refractivity contribution in [2.75, 3.05) is 17.7 Å². The quantitative estimate of drug-likeness (QED) is 0.237. The fourth-order valence-electron chi connectivity index (χ4n) is 3.78. The fraction of sp³-hybridized carbons (Fsp3) is 0.172. The summed E-state index contributed by atoms with van der Waals surface area (Å²) in [5, 5.41) is 8.90. The Bertz CT molecular complexity index is 1440. The van der Waals surface area contributed by atoms with Crippen LogP contribution in [0.3, 0.4) is 0 Å². The third-order valence-corrected chi connectivity index (χ3v) is 5.74. The van der Waals surface area contributed by atoms with Crippen LogP contribution in [0.5, 0.6) is 11.5 Å². The summed E-state index contributed by atoms with van der Waals surface area (Å²) in [7, 11) is 1.57. The summed E-state index contributed by atoms with van der Waals surface area (Å²) >= 11 is 0. The monoisotopic (exact) mass is 514 g/mol. The predicted molar refractivity (Wildman–Crippen MR) is 144 cm³/mol. The van der Waals surface area contributed by atoms with E-state index in [1.54, 1.807) is 61.8 Å². The number of anilines is 2. The molecule has 1 heterocycles. The molecule has 1 aromatic heterocycles. The maximum Gasteiger partial charge on any atom is 0.251 e. The van der Waals surface area contributed by atoms with Gasteiger partial charge in [0.25, 0.3) is 5.91 Å². The Morgan fingerprint density at radius 3 is 2.03 bits per heavy atom. The van der Waals surface area contributed by atoms with Crippen LogP contribution in [0.4, 0.5) is 15.8 Å². The van der Waals surface area contributed by atoms with Gasteiger partial charge in [-0.05, 0) is 85.6 Å². The van der Waals surface area contributed by atoms with Crippen LogP contribution in [0.25, 0.3) is 10.9 Å². The van der Waals surface area contributed by atoms with Crippen molar-refractivity contribution < 1.29 is 23.5 Å². The van der Waals surface area contributed by atoms with Crippen molar-refractivity contribution >= 4 is 40.0 Å². The van der Waals surface area contributed by atoms with Crippen molar-refractivity contribution in [3.63, 3.8) is 0 Å². The van der Waals surface area contributed by atoms with Crippen LogP contribution in [0.1, 0.15) is 36.0 Å². The minimum atomic E-state index is -0.364. The van der Waals surface area contributed by atoms with Gasteiger partial charge >= 0.3 is 0 Å². The molecule has 0 bridgehead atoms. The average Bonchev–Trinajstić information content (AvgIpc) is 2.93. The number of benzene rings is 3. The summed E-state index contributed by atoms with van der Waals surface area (Å²) in [6, 6.07) is 19.5. The minimum Gasteiger partial charge on any atom is -0.457 e. The number of halogens is 1. The number of carbonyl (C=O) groups is 3. The molecule has 0 aliphatic carbocycles. The molecule has 4 rings (SSSR count). The molecule has 0 spiro atoms. The highest BCUT2D eigenvalue weighted by atomic mass is 19.1. The number of ether oxygens (including phenoxy) is 1. The highest BCUT2D eigenvalue weighted by Crippen LogP contribution is 2.30. The van der Waals surface area contributed by atoms with E-state index in [0.717, 1.165) is 5.39 Å². The van der Waals surface area contributed by atoms with Gasteiger partial charge in [-0.3, -0.25) is 19.4 Å². The molecule has 8 nitrogen and oxygen atoms in total. The van der Waals surface area contributed by atoms with Gasteiger partial charge in [-0.15, -0.1) is 0 Å². The van der Waals surface area contributed by atoms with Crippen molar-refractivity contribution in [1.29, 1.82) is 0 Å². The summed E-state index contributed by atoms with van der Waals surface area (Å²) in [5.74, 6) is 0.296. The molecular weight excluding hydrogens is 487 g/mol. The van der Waals surface area contributed by atoms with Crippen LogP contribution < -0.4 is 20.7 Å². The Morgan fingerprint density at radius 1 is 0.816 bits per heavy atom. The fourth-order valence-corrected chi connectivity index (χ4v) is 3.78. The number of aromatic nitrogens is 1. The van der Waals surface area contributed by atoms with Gasteiger partial charge in [0.05, 0.1) is 5.52 Å². The number of fused-ring (bicyclic) bond motifs is 1. The SMILES string of the molecule is CNC(=O)c1ccc2c(Oc3ccc(NC(=O)CCCCC(=O)Nc4ccc(F)cc4)cc3)ccnc2c1. The van der Waals surface area contributed by atoms with Gasteiger partial charge < -0.3 is 20.7 Å². The summed E-state index contributed by atoms with van der Waals surface area (Å²) in [6.45, 7) is 0. The molecule has 0 radical (unpaired) electrons. The predicted octanol–water partition coefficient (Wildman–Crippen LogP) is 5.66. The lowest BCUT2D eigenvalue weighted by molar-refractivity contribution is -0.118. The molecule has 0 aliphatic heterocycles. The minimum absolute atomic E-state index is 0.148. The first-order valence-corrected chi connectivity index (χ1v) is 12.2. The highest BCUT2D eigenvalue weighted by molar-refractivity contribution is 5.98. The van der Waals surface area contributed by atoms with Gasteiger partial charge in [0.1, 0.15) is 17.3 Å². The van der Waals surface area contributed by atoms with Gasteiger partial charge in [-0.1, -0.05) is 0 Å². The molecule has 3 N–H and O–H groups in total. The zero-order chi connectivity index (χ0) is 26.9. The lowest BCUT2D eigenvalue weighted by Gasteiger charge is -2.11. The summed E-state index contributed by atoms with van der Waals surface area (Å²) in [5.41, 5.74) is 2.32. The molecule has 0 unspecified atom stereocenters. The van der Waals surface area contributed by atoms with E-state index >= 15 is 0 Å². The molecule has 4 aromatic rings. The molecule has 0 aliphatic rings. The van der Waals surface area contributed by atoms with E-state index in [1.165, 1.54) is 24.3 Å². The first kappa shape index (κ1) is 26.3. The summed E-state index contributed by atoms with van der Waals surface area (Å²) in [4.78, 5) is 40.5. The van der Waals surface area contributed by atoms with Crippen LogP contribution in [-0.4, -0.2) is 29.8 Å². The summed E-state index contributed by atoms with van der Waals surface area (Å²) < 4.78 is 19.0. The molecule has 0 atom stereocenters. The number of pyridine rings is 1. The second-order valence-corrected chi connectivity index (χ2v) is 8.56. The Labute approximate surface area is 219 Å². The van der Waals surface area contributed by atoms with Crippen LogP contribution in [0.15, 0.2) is 79.0 Å². The van der Waals surface area contributed by atoms with Gasteiger partial charge in [0.2, 0.25) is 11.8 Å². The molecular formula is C29H27FN4O4. The van der Waals surface area contributed by atoms with E-state index in [1.807, 2.05) is 0 Å². The van der Waals surface area contributed by atoms with Crippen molar-refractivity contribution in [3.05, 3.63) is 90.4 Å². The van der Waals surface area contributed by atoms with Gasteiger partial charge in [0, 0.05) is 48.4 Å². The molecule has 38 heavy (non-hydrogen) atoms. The van der Waals surface area contributed by atoms with Crippen molar-refractivity contribution in [1.82, 2.24) is 10.3 Å². The standard InChI is InChI=1S/C29H27FN4O4/c1-31-29(37)19-6-15-24-25(18-19)32-17-16-26(24)38-23-13-11-22(12-14-23)34-28(36)5-3-2-4-27(35)33-21-9-7-20(30)8-10-21/h6-18H,2-5H2,1H3,(H,31,37)(H,33,35)(H,34,36). The maximum atomic E-state index is 12.9. The third kappa shape index (κ3) is 7.13. The molecule has 3 aromatic carbocycles. The number of rotatable bonds is 10. The van der Waals surface area contributed by atoms with E-state index in [-0.39, 0.29) is 36.4 Å². The zero-order valence-corrected chi connectivity index (χ0v) is 20.8. The Hall–Kier alpha value is -4.79. The second-order valence-electron chi connectivity index (χ2n) is 8.56. The van der Waals surface area contributed by atoms with Crippen LogP contribution >= 0.6 is 0 Å². The lowest BCUT2D eigenvalue weighted by Crippen LogP contribution is -2.17. The number of nitrogens with one attached hydrogen (secondary N) is 3. The first-order chi connectivity index (χ1) is 18.4. The van der Waals surface area contributed by atoms with Crippen LogP contribution in [0.2, 0.25) is 0 Å². The molecule has 0 fully saturated rings. The number of unbranched alkanes of at least 4 members (excludes halogenated alkanes) is 1. The van der Waals surface area contributed by atoms with Crippen LogP contribution in [0, 0.1) is 5.82 Å². The Kier molecular flexibility index (Phi) is 8.61. The van der Waals surface area contributed by atoms with Crippen LogP contribution in [-0.2, 0) is 9.59 Å². The van der Waals surface area contributed by atoms with E-state index in [2.05, 4.69) is 20.9 Å². The molecule has 194 valence electrons. The Balaban J connectivity index is 1.24.